The second kappa shape index (κ2) is 9.70. The predicted molar refractivity (Wildman–Crippen MR) is 117 cm³/mol. The van der Waals surface area contributed by atoms with E-state index in [1.807, 2.05) is 0 Å². The summed E-state index contributed by atoms with van der Waals surface area (Å²) in [5.41, 5.74) is -1.61. The number of carboxylic acids is 1. The van der Waals surface area contributed by atoms with Gasteiger partial charge in [0.15, 0.2) is 5.82 Å². The number of amides is 2. The molecule has 0 atom stereocenters. The molecule has 0 bridgehead atoms. The summed E-state index contributed by atoms with van der Waals surface area (Å²) in [6.45, 7) is 10.5. The molecule has 0 fully saturated rings. The first-order valence-electron chi connectivity index (χ1n) is 10.4. The van der Waals surface area contributed by atoms with Gasteiger partial charge in [0.1, 0.15) is 17.0 Å². The average molecular weight is 480 g/mol. The highest BCUT2D eigenvalue weighted by molar-refractivity contribution is 5.92. The fraction of sp³-hybridized carbons (Fsp3) is 0.478. The Bertz CT molecular complexity index is 1010. The fourth-order valence-corrected chi connectivity index (χ4v) is 3.06. The summed E-state index contributed by atoms with van der Waals surface area (Å²) in [6, 6.07) is 2.49. The standard InChI is InChI=1S/C23H29FN2O8/c1-13(27)34-25-12-14-8-9-17(24)16(11-19(28)29)15(14)10-18(25)26(20(30)32-22(2,3)4)21(31)33-23(5,6)7/h8-10H,11-12H2,1-7H3,(H,28,29). The highest BCUT2D eigenvalue weighted by atomic mass is 19.1. The maximum atomic E-state index is 14.5. The zero-order chi connectivity index (χ0) is 26.0. The van der Waals surface area contributed by atoms with Gasteiger partial charge in [0, 0.05) is 12.5 Å². The van der Waals surface area contributed by atoms with E-state index in [2.05, 4.69) is 0 Å². The summed E-state index contributed by atoms with van der Waals surface area (Å²) < 4.78 is 25.3. The molecule has 1 heterocycles. The molecule has 0 unspecified atom stereocenters. The Hall–Kier alpha value is -3.63. The molecule has 10 nitrogen and oxygen atoms in total. The Kier molecular flexibility index (Phi) is 7.59. The smallest absolute Gasteiger partial charge is 0.425 e. The molecule has 0 aliphatic carbocycles. The number of carbonyl (C=O) groups is 4. The zero-order valence-electron chi connectivity index (χ0n) is 20.2. The maximum Gasteiger partial charge on any atom is 0.425 e. The number of halogens is 1. The van der Waals surface area contributed by atoms with Crippen LogP contribution >= 0.6 is 0 Å². The lowest BCUT2D eigenvalue weighted by Gasteiger charge is -2.36. The summed E-state index contributed by atoms with van der Waals surface area (Å²) in [6.07, 6.45) is -1.73. The number of carbonyl (C=O) groups excluding carboxylic acids is 3. The summed E-state index contributed by atoms with van der Waals surface area (Å²) in [5.74, 6) is -3.11. The number of hydroxylamine groups is 2. The molecule has 1 aliphatic rings. The number of rotatable bonds is 4. The minimum Gasteiger partial charge on any atom is -0.481 e. The van der Waals surface area contributed by atoms with Crippen molar-refractivity contribution in [2.45, 2.75) is 72.6 Å². The van der Waals surface area contributed by atoms with E-state index in [9.17, 15) is 28.7 Å². The predicted octanol–water partition coefficient (Wildman–Crippen LogP) is 4.22. The van der Waals surface area contributed by atoms with Crippen LogP contribution in [0, 0.1) is 5.82 Å². The van der Waals surface area contributed by atoms with Gasteiger partial charge in [0.25, 0.3) is 0 Å². The first-order valence-corrected chi connectivity index (χ1v) is 10.4. The zero-order valence-corrected chi connectivity index (χ0v) is 20.2. The van der Waals surface area contributed by atoms with Gasteiger partial charge in [-0.05, 0) is 64.8 Å². The number of aliphatic carboxylic acids is 1. The van der Waals surface area contributed by atoms with Gasteiger partial charge >= 0.3 is 24.1 Å². The second-order valence-corrected chi connectivity index (χ2v) is 9.59. The van der Waals surface area contributed by atoms with Crippen molar-refractivity contribution in [2.75, 3.05) is 0 Å². The van der Waals surface area contributed by atoms with Gasteiger partial charge in [0.2, 0.25) is 0 Å². The molecule has 0 aromatic heterocycles. The Balaban J connectivity index is 2.74. The van der Waals surface area contributed by atoms with Gasteiger partial charge < -0.3 is 19.4 Å². The van der Waals surface area contributed by atoms with Crippen LogP contribution in [0.3, 0.4) is 0 Å². The molecule has 186 valence electrons. The van der Waals surface area contributed by atoms with Crippen molar-refractivity contribution in [1.29, 1.82) is 0 Å². The molecule has 0 radical (unpaired) electrons. The monoisotopic (exact) mass is 480 g/mol. The summed E-state index contributed by atoms with van der Waals surface area (Å²) in [4.78, 5) is 55.0. The van der Waals surface area contributed by atoms with E-state index in [0.29, 0.717) is 10.5 Å². The van der Waals surface area contributed by atoms with Crippen molar-refractivity contribution in [2.24, 2.45) is 0 Å². The molecule has 1 aromatic carbocycles. The van der Waals surface area contributed by atoms with Crippen LogP contribution in [-0.4, -0.2) is 50.4 Å². The average Bonchev–Trinajstić information content (AvgIpc) is 2.61. The first kappa shape index (κ1) is 26.6. The Morgan fingerprint density at radius 2 is 1.56 bits per heavy atom. The van der Waals surface area contributed by atoms with Crippen LogP contribution in [0.2, 0.25) is 0 Å². The van der Waals surface area contributed by atoms with Gasteiger partial charge in [-0.25, -0.2) is 14.0 Å². The van der Waals surface area contributed by atoms with Gasteiger partial charge in [0.05, 0.1) is 13.0 Å². The molecule has 34 heavy (non-hydrogen) atoms. The van der Waals surface area contributed by atoms with E-state index in [4.69, 9.17) is 14.3 Å². The van der Waals surface area contributed by atoms with Crippen molar-refractivity contribution in [3.63, 3.8) is 0 Å². The Morgan fingerprint density at radius 1 is 1.03 bits per heavy atom. The van der Waals surface area contributed by atoms with Crippen molar-refractivity contribution in [3.05, 3.63) is 40.5 Å². The van der Waals surface area contributed by atoms with Crippen LogP contribution < -0.4 is 0 Å². The Morgan fingerprint density at radius 3 is 2.00 bits per heavy atom. The van der Waals surface area contributed by atoms with Gasteiger partial charge in [-0.1, -0.05) is 6.07 Å². The minimum atomic E-state index is -1.28. The van der Waals surface area contributed by atoms with Crippen molar-refractivity contribution >= 4 is 30.2 Å². The van der Waals surface area contributed by atoms with E-state index in [1.165, 1.54) is 12.1 Å². The minimum absolute atomic E-state index is 0.137. The summed E-state index contributed by atoms with van der Waals surface area (Å²) in [7, 11) is 0. The molecule has 11 heteroatoms. The number of ether oxygens (including phenoxy) is 2. The third kappa shape index (κ3) is 6.93. The van der Waals surface area contributed by atoms with E-state index < -0.39 is 47.6 Å². The lowest BCUT2D eigenvalue weighted by Crippen LogP contribution is -2.48. The topological polar surface area (TPSA) is 123 Å². The van der Waals surface area contributed by atoms with Crippen LogP contribution in [0.15, 0.2) is 18.0 Å². The normalized spacial score (nSPS) is 13.4. The van der Waals surface area contributed by atoms with Crippen LogP contribution in [0.25, 0.3) is 6.08 Å². The van der Waals surface area contributed by atoms with Gasteiger partial charge in [-0.3, -0.25) is 9.59 Å². The highest BCUT2D eigenvalue weighted by Gasteiger charge is 2.39. The molecule has 0 spiro atoms. The number of nitrogens with zero attached hydrogens (tertiary/aromatic N) is 2. The van der Waals surface area contributed by atoms with Crippen LogP contribution in [-0.2, 0) is 36.9 Å². The third-order valence-electron chi connectivity index (χ3n) is 4.18. The molecule has 2 amide bonds. The molecule has 1 N–H and O–H groups in total. The Labute approximate surface area is 196 Å². The fourth-order valence-electron chi connectivity index (χ4n) is 3.06. The highest BCUT2D eigenvalue weighted by Crippen LogP contribution is 2.33. The molecule has 0 saturated carbocycles. The number of carboxylic acid groups (broad SMARTS) is 1. The lowest BCUT2D eigenvalue weighted by molar-refractivity contribution is -0.185. The van der Waals surface area contributed by atoms with Crippen LogP contribution in [0.5, 0.6) is 0 Å². The summed E-state index contributed by atoms with van der Waals surface area (Å²) >= 11 is 0. The van der Waals surface area contributed by atoms with Gasteiger partial charge in [-0.2, -0.15) is 9.96 Å². The molecule has 0 saturated heterocycles. The number of hydrogen-bond donors (Lipinski definition) is 1. The SMILES string of the molecule is CC(=O)ON1Cc2ccc(F)c(CC(=O)O)c2C=C1N(C(=O)OC(C)(C)C)C(=O)OC(C)(C)C. The quantitative estimate of drug-likeness (QED) is 0.675. The maximum absolute atomic E-state index is 14.5. The largest absolute Gasteiger partial charge is 0.481 e. The number of fused-ring (bicyclic) bond motifs is 1. The van der Waals surface area contributed by atoms with Crippen LogP contribution in [0.4, 0.5) is 14.0 Å². The van der Waals surface area contributed by atoms with E-state index in [1.54, 1.807) is 41.5 Å². The number of benzene rings is 1. The van der Waals surface area contributed by atoms with Crippen molar-refractivity contribution < 1.29 is 43.0 Å². The van der Waals surface area contributed by atoms with E-state index in [-0.39, 0.29) is 23.5 Å². The van der Waals surface area contributed by atoms with Crippen molar-refractivity contribution in [1.82, 2.24) is 9.96 Å². The number of hydrogen-bond acceptors (Lipinski definition) is 8. The number of imide groups is 1. The first-order chi connectivity index (χ1) is 15.5. The van der Waals surface area contributed by atoms with E-state index in [0.717, 1.165) is 18.1 Å². The second-order valence-electron chi connectivity index (χ2n) is 9.59. The molecule has 1 aromatic rings. The van der Waals surface area contributed by atoms with Crippen molar-refractivity contribution in [3.8, 4) is 0 Å². The van der Waals surface area contributed by atoms with Gasteiger partial charge in [-0.15, -0.1) is 0 Å². The third-order valence-corrected chi connectivity index (χ3v) is 4.18. The molecular formula is C23H29FN2O8. The van der Waals surface area contributed by atoms with Crippen LogP contribution in [0.1, 0.15) is 65.2 Å². The summed E-state index contributed by atoms with van der Waals surface area (Å²) in [5, 5.41) is 10.2. The molecule has 1 aliphatic heterocycles. The lowest BCUT2D eigenvalue weighted by atomic mass is 9.95. The molecular weight excluding hydrogens is 451 g/mol. The van der Waals surface area contributed by atoms with E-state index >= 15 is 0 Å². The molecule has 2 rings (SSSR count).